The van der Waals surface area contributed by atoms with E-state index >= 15 is 0 Å². The highest BCUT2D eigenvalue weighted by molar-refractivity contribution is 7.90. The highest BCUT2D eigenvalue weighted by atomic mass is 35.5. The SMILES string of the molecule is C=CCC(N[S+]([O-])C(C)(C)C)c1c(Cl)cccc1OC. The van der Waals surface area contributed by atoms with E-state index in [0.29, 0.717) is 17.2 Å². The van der Waals surface area contributed by atoms with E-state index in [-0.39, 0.29) is 10.8 Å². The summed E-state index contributed by atoms with van der Waals surface area (Å²) >= 11 is 5.08. The second kappa shape index (κ2) is 7.36. The molecule has 0 bridgehead atoms. The van der Waals surface area contributed by atoms with Crippen LogP contribution in [0.5, 0.6) is 5.75 Å². The monoisotopic (exact) mass is 315 g/mol. The number of hydrogen-bond donors (Lipinski definition) is 1. The van der Waals surface area contributed by atoms with Crippen LogP contribution < -0.4 is 9.46 Å². The first-order valence-electron chi connectivity index (χ1n) is 6.42. The Labute approximate surface area is 129 Å². The van der Waals surface area contributed by atoms with Crippen molar-refractivity contribution in [2.45, 2.75) is 38.0 Å². The summed E-state index contributed by atoms with van der Waals surface area (Å²) in [5, 5.41) is 0.592. The van der Waals surface area contributed by atoms with Gasteiger partial charge in [0.05, 0.1) is 13.2 Å². The maximum Gasteiger partial charge on any atom is 0.136 e. The molecule has 1 aromatic carbocycles. The number of hydrogen-bond acceptors (Lipinski definition) is 3. The van der Waals surface area contributed by atoms with Gasteiger partial charge in [0.25, 0.3) is 0 Å². The van der Waals surface area contributed by atoms with Crippen LogP contribution in [-0.2, 0) is 11.4 Å². The quantitative estimate of drug-likeness (QED) is 0.637. The molecule has 0 radical (unpaired) electrons. The van der Waals surface area contributed by atoms with Crippen LogP contribution in [0.3, 0.4) is 0 Å². The first-order chi connectivity index (χ1) is 9.31. The third kappa shape index (κ3) is 4.42. The lowest BCUT2D eigenvalue weighted by Gasteiger charge is -2.28. The van der Waals surface area contributed by atoms with E-state index in [1.807, 2.05) is 32.9 Å². The molecule has 1 N–H and O–H groups in total. The second-order valence-electron chi connectivity index (χ2n) is 5.43. The number of ether oxygens (including phenoxy) is 1. The van der Waals surface area contributed by atoms with Crippen molar-refractivity contribution >= 4 is 23.0 Å². The number of halogens is 1. The van der Waals surface area contributed by atoms with Gasteiger partial charge in [-0.25, -0.2) is 0 Å². The van der Waals surface area contributed by atoms with Gasteiger partial charge >= 0.3 is 0 Å². The molecule has 2 atom stereocenters. The van der Waals surface area contributed by atoms with Crippen LogP contribution >= 0.6 is 11.6 Å². The van der Waals surface area contributed by atoms with E-state index in [1.165, 1.54) is 0 Å². The van der Waals surface area contributed by atoms with Crippen LogP contribution in [-0.4, -0.2) is 16.4 Å². The van der Waals surface area contributed by atoms with Crippen LogP contribution in [0.1, 0.15) is 38.8 Å². The molecular weight excluding hydrogens is 294 g/mol. The summed E-state index contributed by atoms with van der Waals surface area (Å²) in [6.07, 6.45) is 2.39. The zero-order valence-corrected chi connectivity index (χ0v) is 14.0. The number of rotatable bonds is 6. The fourth-order valence-electron chi connectivity index (χ4n) is 1.73. The Bertz CT molecular complexity index is 460. The Morgan fingerprint density at radius 2 is 2.15 bits per heavy atom. The molecule has 2 unspecified atom stereocenters. The molecule has 0 fully saturated rings. The molecule has 0 saturated heterocycles. The summed E-state index contributed by atoms with van der Waals surface area (Å²) < 4.78 is 20.5. The van der Waals surface area contributed by atoms with Crippen molar-refractivity contribution in [3.8, 4) is 5.75 Å². The predicted octanol–water partition coefficient (Wildman–Crippen LogP) is 4.02. The van der Waals surface area contributed by atoms with Gasteiger partial charge in [0.1, 0.15) is 10.5 Å². The smallest absolute Gasteiger partial charge is 0.136 e. The predicted molar refractivity (Wildman–Crippen MR) is 86.6 cm³/mol. The molecule has 0 amide bonds. The number of methoxy groups -OCH3 is 1. The van der Waals surface area contributed by atoms with Gasteiger partial charge in [0.2, 0.25) is 0 Å². The highest BCUT2D eigenvalue weighted by Gasteiger charge is 2.31. The molecule has 5 heteroatoms. The molecule has 0 saturated carbocycles. The number of nitrogens with one attached hydrogen (secondary N) is 1. The van der Waals surface area contributed by atoms with Crippen molar-refractivity contribution in [2.24, 2.45) is 0 Å². The molecule has 1 aromatic rings. The van der Waals surface area contributed by atoms with Gasteiger partial charge in [0.15, 0.2) is 0 Å². The van der Waals surface area contributed by atoms with Gasteiger partial charge in [0, 0.05) is 21.9 Å². The van der Waals surface area contributed by atoms with E-state index in [2.05, 4.69) is 11.3 Å². The molecule has 112 valence electrons. The average molecular weight is 316 g/mol. The zero-order valence-electron chi connectivity index (χ0n) is 12.4. The first-order valence-corrected chi connectivity index (χ1v) is 7.95. The fourth-order valence-corrected chi connectivity index (χ4v) is 2.85. The molecule has 3 nitrogen and oxygen atoms in total. The van der Waals surface area contributed by atoms with Crippen molar-refractivity contribution in [3.63, 3.8) is 0 Å². The Morgan fingerprint density at radius 3 is 2.65 bits per heavy atom. The summed E-state index contributed by atoms with van der Waals surface area (Å²) in [6, 6.07) is 5.28. The largest absolute Gasteiger partial charge is 0.598 e. The lowest BCUT2D eigenvalue weighted by molar-refractivity contribution is 0.403. The van der Waals surface area contributed by atoms with Crippen LogP contribution in [0, 0.1) is 0 Å². The topological polar surface area (TPSA) is 44.3 Å². The third-order valence-corrected chi connectivity index (χ3v) is 4.73. The minimum atomic E-state index is -1.20. The molecule has 0 aliphatic rings. The first kappa shape index (κ1) is 17.4. The van der Waals surface area contributed by atoms with Gasteiger partial charge < -0.3 is 9.29 Å². The Balaban J connectivity index is 3.11. The maximum atomic E-state index is 12.3. The van der Waals surface area contributed by atoms with Crippen molar-refractivity contribution in [1.82, 2.24) is 4.72 Å². The van der Waals surface area contributed by atoms with E-state index in [4.69, 9.17) is 16.3 Å². The molecule has 0 heterocycles. The average Bonchev–Trinajstić information content (AvgIpc) is 2.36. The van der Waals surface area contributed by atoms with E-state index in [9.17, 15) is 4.55 Å². The van der Waals surface area contributed by atoms with Crippen LogP contribution in [0.2, 0.25) is 5.02 Å². The van der Waals surface area contributed by atoms with E-state index in [1.54, 1.807) is 19.3 Å². The molecule has 0 spiro atoms. The van der Waals surface area contributed by atoms with Crippen molar-refractivity contribution in [3.05, 3.63) is 41.4 Å². The molecule has 0 aliphatic carbocycles. The minimum Gasteiger partial charge on any atom is -0.598 e. The van der Waals surface area contributed by atoms with E-state index < -0.39 is 11.4 Å². The summed E-state index contributed by atoms with van der Waals surface area (Å²) in [4.78, 5) is 0. The van der Waals surface area contributed by atoms with Gasteiger partial charge in [-0.1, -0.05) is 23.7 Å². The Hall–Kier alpha value is -0.680. The molecule has 20 heavy (non-hydrogen) atoms. The lowest BCUT2D eigenvalue weighted by Crippen LogP contribution is -2.41. The standard InChI is InChI=1S/C15H22ClNO2S/c1-6-8-12(17-20(18)15(2,3)4)14-11(16)9-7-10-13(14)19-5/h6-7,9-10,12,17H,1,8H2,2-5H3. The summed E-state index contributed by atoms with van der Waals surface area (Å²) in [6.45, 7) is 9.52. The van der Waals surface area contributed by atoms with Gasteiger partial charge in [-0.2, -0.15) is 0 Å². The third-order valence-electron chi connectivity index (χ3n) is 2.79. The Morgan fingerprint density at radius 1 is 1.50 bits per heavy atom. The second-order valence-corrected chi connectivity index (χ2v) is 7.84. The molecule has 1 rings (SSSR count). The van der Waals surface area contributed by atoms with Crippen molar-refractivity contribution in [1.29, 1.82) is 0 Å². The molecular formula is C15H22ClNO2S. The summed E-state index contributed by atoms with van der Waals surface area (Å²) in [7, 11) is 1.60. The molecule has 0 aliphatic heterocycles. The number of benzene rings is 1. The van der Waals surface area contributed by atoms with Crippen LogP contribution in [0.25, 0.3) is 0 Å². The zero-order chi connectivity index (χ0) is 15.3. The fraction of sp³-hybridized carbons (Fsp3) is 0.467. The van der Waals surface area contributed by atoms with Crippen molar-refractivity contribution in [2.75, 3.05) is 7.11 Å². The molecule has 0 aromatic heterocycles. The summed E-state index contributed by atoms with van der Waals surface area (Å²) in [5.74, 6) is 0.683. The van der Waals surface area contributed by atoms with Gasteiger partial charge in [-0.15, -0.1) is 11.3 Å². The van der Waals surface area contributed by atoms with Crippen LogP contribution in [0.15, 0.2) is 30.9 Å². The van der Waals surface area contributed by atoms with Crippen LogP contribution in [0.4, 0.5) is 0 Å². The normalized spacial score (nSPS) is 14.7. The van der Waals surface area contributed by atoms with Gasteiger partial charge in [-0.3, -0.25) is 0 Å². The van der Waals surface area contributed by atoms with E-state index in [0.717, 1.165) is 5.56 Å². The lowest BCUT2D eigenvalue weighted by atomic mass is 10.0. The minimum absolute atomic E-state index is 0.198. The highest BCUT2D eigenvalue weighted by Crippen LogP contribution is 2.35. The van der Waals surface area contributed by atoms with Crippen molar-refractivity contribution < 1.29 is 9.29 Å². The summed E-state index contributed by atoms with van der Waals surface area (Å²) in [5.41, 5.74) is 0.814. The maximum absolute atomic E-state index is 12.3. The Kier molecular flexibility index (Phi) is 6.40. The van der Waals surface area contributed by atoms with Gasteiger partial charge in [-0.05, 0) is 39.3 Å².